The number of carbonyl (C=O) groups is 2. The fraction of sp³-hybridized carbons (Fsp3) is 0.438. The van der Waals surface area contributed by atoms with Crippen LogP contribution < -0.4 is 10.6 Å². The molecule has 1 saturated carbocycles. The van der Waals surface area contributed by atoms with Crippen LogP contribution >= 0.6 is 11.6 Å². The lowest BCUT2D eigenvalue weighted by molar-refractivity contribution is -0.126. The minimum Gasteiger partial charge on any atom is -0.350 e. The Labute approximate surface area is 139 Å². The van der Waals surface area contributed by atoms with E-state index < -0.39 is 0 Å². The fourth-order valence-corrected chi connectivity index (χ4v) is 3.50. The van der Waals surface area contributed by atoms with Gasteiger partial charge < -0.3 is 15.5 Å². The van der Waals surface area contributed by atoms with Crippen molar-refractivity contribution in [2.24, 2.45) is 0 Å². The van der Waals surface area contributed by atoms with E-state index in [1.54, 1.807) is 23.1 Å². The number of carbonyl (C=O) groups excluding carboxylic acids is 2. The molecule has 0 bridgehead atoms. The van der Waals surface area contributed by atoms with Crippen molar-refractivity contribution in [2.75, 3.05) is 11.9 Å². The van der Waals surface area contributed by atoms with Gasteiger partial charge >= 0.3 is 6.03 Å². The van der Waals surface area contributed by atoms with Crippen molar-refractivity contribution >= 4 is 29.2 Å². The minimum absolute atomic E-state index is 0.0373. The average Bonchev–Trinajstić information content (AvgIpc) is 2.54. The van der Waals surface area contributed by atoms with Crippen LogP contribution in [0.1, 0.15) is 31.2 Å². The maximum Gasteiger partial charge on any atom is 0.322 e. The Hall–Kier alpha value is -2.26. The summed E-state index contributed by atoms with van der Waals surface area (Å²) in [5.41, 5.74) is 0.867. The Kier molecular flexibility index (Phi) is 4.39. The van der Waals surface area contributed by atoms with Gasteiger partial charge in [0.1, 0.15) is 12.6 Å². The molecule has 2 atom stereocenters. The second-order valence-corrected chi connectivity index (χ2v) is 6.30. The van der Waals surface area contributed by atoms with Crippen LogP contribution in [0.2, 0.25) is 5.02 Å². The first-order valence-corrected chi connectivity index (χ1v) is 8.03. The maximum atomic E-state index is 12.6. The molecule has 2 N–H and O–H groups in total. The molecular formula is C16H17ClN4O2. The molecule has 1 aromatic rings. The average molecular weight is 333 g/mol. The third-order valence-electron chi connectivity index (χ3n) is 4.39. The number of piperazine rings is 1. The normalized spacial score (nSPS) is 23.5. The smallest absolute Gasteiger partial charge is 0.322 e. The molecule has 23 heavy (non-hydrogen) atoms. The zero-order valence-electron chi connectivity index (χ0n) is 12.5. The number of hydrogen-bond acceptors (Lipinski definition) is 3. The Bertz CT molecular complexity index is 685. The summed E-state index contributed by atoms with van der Waals surface area (Å²) in [5, 5.41) is 14.9. The number of nitriles is 1. The Morgan fingerprint density at radius 2 is 2.17 bits per heavy atom. The van der Waals surface area contributed by atoms with E-state index in [0.717, 1.165) is 25.7 Å². The van der Waals surface area contributed by atoms with Crippen LogP contribution in [0.3, 0.4) is 0 Å². The number of benzene rings is 1. The molecule has 1 saturated heterocycles. The topological polar surface area (TPSA) is 85.2 Å². The number of nitrogens with zero attached hydrogens (tertiary/aromatic N) is 2. The van der Waals surface area contributed by atoms with E-state index in [0.29, 0.717) is 11.3 Å². The van der Waals surface area contributed by atoms with Gasteiger partial charge in [0.2, 0.25) is 5.91 Å². The molecular weight excluding hydrogens is 316 g/mol. The largest absolute Gasteiger partial charge is 0.350 e. The third kappa shape index (κ3) is 3.25. The number of nitrogens with one attached hydrogen (secondary N) is 2. The SMILES string of the molecule is N#Cc1ccc(NC(=O)N2CC(=O)N[C@@H]3CCCC[C@H]32)cc1Cl. The molecule has 1 heterocycles. The maximum absolute atomic E-state index is 12.6. The van der Waals surface area contributed by atoms with Gasteiger partial charge in [-0.15, -0.1) is 0 Å². The number of amides is 3. The Balaban J connectivity index is 1.75. The molecule has 0 radical (unpaired) electrons. The van der Waals surface area contributed by atoms with Gasteiger partial charge in [0.15, 0.2) is 0 Å². The highest BCUT2D eigenvalue weighted by Crippen LogP contribution is 2.27. The molecule has 0 spiro atoms. The number of hydrogen-bond donors (Lipinski definition) is 2. The Morgan fingerprint density at radius 1 is 1.39 bits per heavy atom. The van der Waals surface area contributed by atoms with Crippen molar-refractivity contribution in [1.29, 1.82) is 5.26 Å². The second-order valence-electron chi connectivity index (χ2n) is 5.89. The van der Waals surface area contributed by atoms with Crippen LogP contribution in [0.5, 0.6) is 0 Å². The summed E-state index contributed by atoms with van der Waals surface area (Å²) < 4.78 is 0. The lowest BCUT2D eigenvalue weighted by Crippen LogP contribution is -2.63. The standard InChI is InChI=1S/C16H17ClN4O2/c17-12-7-11(6-5-10(12)8-18)19-16(23)21-9-15(22)20-13-3-1-2-4-14(13)21/h5-7,13-14H,1-4,9H2,(H,19,23)(H,20,22)/t13-,14-/m1/s1. The first-order chi connectivity index (χ1) is 11.1. The zero-order valence-corrected chi connectivity index (χ0v) is 13.3. The van der Waals surface area contributed by atoms with Gasteiger partial charge in [-0.2, -0.15) is 5.26 Å². The molecule has 3 amide bonds. The van der Waals surface area contributed by atoms with E-state index in [4.69, 9.17) is 16.9 Å². The van der Waals surface area contributed by atoms with E-state index in [1.807, 2.05) is 6.07 Å². The summed E-state index contributed by atoms with van der Waals surface area (Å²) in [7, 11) is 0. The molecule has 120 valence electrons. The van der Waals surface area contributed by atoms with Crippen molar-refractivity contribution in [1.82, 2.24) is 10.2 Å². The van der Waals surface area contributed by atoms with Crippen molar-refractivity contribution in [3.8, 4) is 6.07 Å². The predicted molar refractivity (Wildman–Crippen MR) is 86.1 cm³/mol. The van der Waals surface area contributed by atoms with E-state index in [1.165, 1.54) is 0 Å². The quantitative estimate of drug-likeness (QED) is 0.828. The lowest BCUT2D eigenvalue weighted by Gasteiger charge is -2.43. The van der Waals surface area contributed by atoms with E-state index >= 15 is 0 Å². The Morgan fingerprint density at radius 3 is 2.91 bits per heavy atom. The zero-order chi connectivity index (χ0) is 16.4. The van der Waals surface area contributed by atoms with Crippen molar-refractivity contribution in [2.45, 2.75) is 37.8 Å². The lowest BCUT2D eigenvalue weighted by atomic mass is 9.87. The summed E-state index contributed by atoms with van der Waals surface area (Å²) in [6.45, 7) is 0.0665. The van der Waals surface area contributed by atoms with E-state index in [-0.39, 0.29) is 35.6 Å². The number of rotatable bonds is 1. The van der Waals surface area contributed by atoms with Gasteiger partial charge in [-0.05, 0) is 31.0 Å². The van der Waals surface area contributed by atoms with Gasteiger partial charge in [-0.25, -0.2) is 4.79 Å². The highest BCUT2D eigenvalue weighted by atomic mass is 35.5. The van der Waals surface area contributed by atoms with Gasteiger partial charge in [-0.1, -0.05) is 24.4 Å². The highest BCUT2D eigenvalue weighted by Gasteiger charge is 2.38. The van der Waals surface area contributed by atoms with Crippen LogP contribution in [-0.4, -0.2) is 35.5 Å². The first kappa shape index (κ1) is 15.6. The molecule has 2 aliphatic rings. The summed E-state index contributed by atoms with van der Waals surface area (Å²) >= 11 is 5.98. The van der Waals surface area contributed by atoms with Crippen LogP contribution in [0.4, 0.5) is 10.5 Å². The van der Waals surface area contributed by atoms with Gasteiger partial charge in [0.05, 0.1) is 16.6 Å². The van der Waals surface area contributed by atoms with Crippen LogP contribution in [0.25, 0.3) is 0 Å². The predicted octanol–water partition coefficient (Wildman–Crippen LogP) is 2.49. The van der Waals surface area contributed by atoms with Gasteiger partial charge in [0.25, 0.3) is 0 Å². The van der Waals surface area contributed by atoms with Crippen LogP contribution in [-0.2, 0) is 4.79 Å². The van der Waals surface area contributed by atoms with Crippen molar-refractivity contribution in [3.05, 3.63) is 28.8 Å². The summed E-state index contributed by atoms with van der Waals surface area (Å²) in [6.07, 6.45) is 3.93. The third-order valence-corrected chi connectivity index (χ3v) is 4.70. The van der Waals surface area contributed by atoms with Gasteiger partial charge in [0, 0.05) is 11.7 Å². The second kappa shape index (κ2) is 6.47. The van der Waals surface area contributed by atoms with E-state index in [9.17, 15) is 9.59 Å². The van der Waals surface area contributed by atoms with E-state index in [2.05, 4.69) is 10.6 Å². The molecule has 3 rings (SSSR count). The molecule has 1 aliphatic carbocycles. The number of halogens is 1. The molecule has 0 unspecified atom stereocenters. The van der Waals surface area contributed by atoms with Crippen molar-refractivity contribution in [3.63, 3.8) is 0 Å². The summed E-state index contributed by atoms with van der Waals surface area (Å²) in [4.78, 5) is 26.0. The summed E-state index contributed by atoms with van der Waals surface area (Å²) in [5.74, 6) is -0.124. The van der Waals surface area contributed by atoms with Crippen LogP contribution in [0.15, 0.2) is 18.2 Å². The van der Waals surface area contributed by atoms with Crippen LogP contribution in [0, 0.1) is 11.3 Å². The molecule has 6 nitrogen and oxygen atoms in total. The highest BCUT2D eigenvalue weighted by molar-refractivity contribution is 6.32. The molecule has 2 fully saturated rings. The van der Waals surface area contributed by atoms with Gasteiger partial charge in [-0.3, -0.25) is 4.79 Å². The number of fused-ring (bicyclic) bond motifs is 1. The minimum atomic E-state index is -0.308. The number of anilines is 1. The molecule has 1 aliphatic heterocycles. The molecule has 0 aromatic heterocycles. The number of urea groups is 1. The summed E-state index contributed by atoms with van der Waals surface area (Å²) in [6, 6.07) is 6.48. The molecule has 7 heteroatoms. The monoisotopic (exact) mass is 332 g/mol. The molecule has 1 aromatic carbocycles. The first-order valence-electron chi connectivity index (χ1n) is 7.65. The fourth-order valence-electron chi connectivity index (χ4n) is 3.28. The van der Waals surface area contributed by atoms with Crippen molar-refractivity contribution < 1.29 is 9.59 Å².